The van der Waals surface area contributed by atoms with Gasteiger partial charge < -0.3 is 14.6 Å². The molecule has 32 heavy (non-hydrogen) atoms. The Hall–Kier alpha value is -2.88. The summed E-state index contributed by atoms with van der Waals surface area (Å²) in [6, 6.07) is 15.2. The molecule has 168 valence electrons. The van der Waals surface area contributed by atoms with Crippen LogP contribution < -0.4 is 15.6 Å². The van der Waals surface area contributed by atoms with Crippen molar-refractivity contribution >= 4 is 44.2 Å². The van der Waals surface area contributed by atoms with Gasteiger partial charge in [0.1, 0.15) is 5.58 Å². The van der Waals surface area contributed by atoms with Crippen LogP contribution in [0.4, 0.5) is 5.69 Å². The van der Waals surface area contributed by atoms with Gasteiger partial charge in [0.2, 0.25) is 10.0 Å². The molecule has 0 radical (unpaired) electrons. The van der Waals surface area contributed by atoms with Crippen molar-refractivity contribution in [3.63, 3.8) is 0 Å². The second-order valence-corrected chi connectivity index (χ2v) is 9.88. The van der Waals surface area contributed by atoms with Gasteiger partial charge in [0.25, 0.3) is 5.91 Å². The number of fused-ring (bicyclic) bond motifs is 1. The minimum absolute atomic E-state index is 0.0948. The molecule has 2 aromatic carbocycles. The van der Waals surface area contributed by atoms with Gasteiger partial charge >= 0.3 is 0 Å². The van der Waals surface area contributed by atoms with E-state index >= 15 is 0 Å². The minimum Gasteiger partial charge on any atom is -0.451 e. The first-order valence-corrected chi connectivity index (χ1v) is 12.1. The topological polar surface area (TPSA) is 99.9 Å². The molecule has 0 unspecified atom stereocenters. The highest BCUT2D eigenvalue weighted by Gasteiger charge is 2.27. The predicted octanol–water partition coefficient (Wildman–Crippen LogP) is 2.33. The van der Waals surface area contributed by atoms with Gasteiger partial charge in [0.15, 0.2) is 11.2 Å². The molecule has 1 saturated heterocycles. The van der Waals surface area contributed by atoms with Gasteiger partial charge in [-0.05, 0) is 24.3 Å². The fraction of sp³-hybridized carbons (Fsp3) is 0.273. The average molecular weight is 476 g/mol. The monoisotopic (exact) mass is 475 g/mol. The van der Waals surface area contributed by atoms with E-state index in [9.17, 15) is 18.0 Å². The van der Waals surface area contributed by atoms with E-state index in [1.807, 2.05) is 18.2 Å². The lowest BCUT2D eigenvalue weighted by Crippen LogP contribution is -2.50. The van der Waals surface area contributed by atoms with E-state index in [0.717, 1.165) is 11.8 Å². The quantitative estimate of drug-likeness (QED) is 0.587. The number of halogens is 1. The molecule has 0 saturated carbocycles. The lowest BCUT2D eigenvalue weighted by atomic mass is 10.2. The van der Waals surface area contributed by atoms with Crippen LogP contribution in [0.2, 0.25) is 5.02 Å². The van der Waals surface area contributed by atoms with Gasteiger partial charge in [-0.1, -0.05) is 35.9 Å². The standard InChI is InChI=1S/C22H22ClN3O5S/c23-17-6-2-3-7-18(17)25-10-12-26(13-11-25)32(29,30)14-9-24-22(28)21-15-19(27)16-5-1-4-8-20(16)31-21/h1-8,15H,9-14H2,(H,24,28). The third-order valence-corrected chi connectivity index (χ3v) is 7.52. The van der Waals surface area contributed by atoms with Gasteiger partial charge in [-0.2, -0.15) is 4.31 Å². The first-order valence-electron chi connectivity index (χ1n) is 10.1. The van der Waals surface area contributed by atoms with E-state index in [1.165, 1.54) is 4.31 Å². The number of nitrogens with one attached hydrogen (secondary N) is 1. The molecule has 1 N–H and O–H groups in total. The number of anilines is 1. The molecule has 0 spiro atoms. The number of piperazine rings is 1. The molecule has 0 bridgehead atoms. The highest BCUT2D eigenvalue weighted by molar-refractivity contribution is 7.89. The van der Waals surface area contributed by atoms with Crippen molar-refractivity contribution in [2.75, 3.05) is 43.4 Å². The van der Waals surface area contributed by atoms with E-state index in [2.05, 4.69) is 10.2 Å². The zero-order valence-electron chi connectivity index (χ0n) is 17.2. The van der Waals surface area contributed by atoms with Gasteiger partial charge in [-0.15, -0.1) is 0 Å². The Morgan fingerprint density at radius 1 is 1.03 bits per heavy atom. The van der Waals surface area contributed by atoms with E-state index < -0.39 is 15.9 Å². The zero-order chi connectivity index (χ0) is 22.7. The maximum absolute atomic E-state index is 12.7. The molecule has 1 aliphatic heterocycles. The van der Waals surface area contributed by atoms with Crippen LogP contribution in [0, 0.1) is 0 Å². The summed E-state index contributed by atoms with van der Waals surface area (Å²) < 4.78 is 32.3. The number of rotatable bonds is 6. The van der Waals surface area contributed by atoms with Crippen LogP contribution in [0.5, 0.6) is 0 Å². The normalized spacial score (nSPS) is 15.1. The average Bonchev–Trinajstić information content (AvgIpc) is 2.79. The van der Waals surface area contributed by atoms with E-state index in [0.29, 0.717) is 42.2 Å². The highest BCUT2D eigenvalue weighted by Crippen LogP contribution is 2.26. The van der Waals surface area contributed by atoms with Crippen molar-refractivity contribution in [3.8, 4) is 0 Å². The molecule has 4 rings (SSSR count). The molecule has 1 amide bonds. The Morgan fingerprint density at radius 3 is 2.47 bits per heavy atom. The molecule has 2 heterocycles. The molecular formula is C22H22ClN3O5S. The minimum atomic E-state index is -3.55. The number of hydrogen-bond acceptors (Lipinski definition) is 6. The third kappa shape index (κ3) is 4.79. The van der Waals surface area contributed by atoms with Gasteiger partial charge in [-0.25, -0.2) is 8.42 Å². The second-order valence-electron chi connectivity index (χ2n) is 7.38. The number of hydrogen-bond donors (Lipinski definition) is 1. The molecule has 1 aromatic heterocycles. The molecule has 1 fully saturated rings. The SMILES string of the molecule is O=C(NCCS(=O)(=O)N1CCN(c2ccccc2Cl)CC1)c1cc(=O)c2ccccc2o1. The van der Waals surface area contributed by atoms with Crippen molar-refractivity contribution in [3.05, 3.63) is 75.6 Å². The first kappa shape index (κ1) is 22.3. The number of benzene rings is 2. The second kappa shape index (κ2) is 9.32. The van der Waals surface area contributed by atoms with Crippen molar-refractivity contribution in [1.29, 1.82) is 0 Å². The summed E-state index contributed by atoms with van der Waals surface area (Å²) in [6.45, 7) is 1.62. The summed E-state index contributed by atoms with van der Waals surface area (Å²) in [5.41, 5.74) is 0.852. The summed E-state index contributed by atoms with van der Waals surface area (Å²) in [5, 5.41) is 3.53. The zero-order valence-corrected chi connectivity index (χ0v) is 18.7. The third-order valence-electron chi connectivity index (χ3n) is 5.33. The van der Waals surface area contributed by atoms with Crippen LogP contribution in [0.1, 0.15) is 10.6 Å². The van der Waals surface area contributed by atoms with Crippen molar-refractivity contribution < 1.29 is 17.6 Å². The molecule has 0 aliphatic carbocycles. The maximum atomic E-state index is 12.7. The van der Waals surface area contributed by atoms with Gasteiger partial charge in [0.05, 0.1) is 21.8 Å². The van der Waals surface area contributed by atoms with Crippen LogP contribution in [-0.2, 0) is 10.0 Å². The first-order chi connectivity index (χ1) is 15.3. The number of carbonyl (C=O) groups is 1. The van der Waals surface area contributed by atoms with E-state index in [-0.39, 0.29) is 23.5 Å². The summed E-state index contributed by atoms with van der Waals surface area (Å²) in [5.74, 6) is -1.03. The number of para-hydroxylation sites is 2. The van der Waals surface area contributed by atoms with Crippen molar-refractivity contribution in [2.24, 2.45) is 0 Å². The fourth-order valence-corrected chi connectivity index (χ4v) is 5.23. The largest absolute Gasteiger partial charge is 0.451 e. The Kier molecular flexibility index (Phi) is 6.50. The Bertz CT molecular complexity index is 1300. The Morgan fingerprint density at radius 2 is 1.72 bits per heavy atom. The molecule has 10 heteroatoms. The van der Waals surface area contributed by atoms with Gasteiger partial charge in [0, 0.05) is 38.8 Å². The summed E-state index contributed by atoms with van der Waals surface area (Å²) in [4.78, 5) is 26.6. The van der Waals surface area contributed by atoms with Crippen LogP contribution in [-0.4, -0.2) is 57.1 Å². The Labute approximate surface area is 190 Å². The summed E-state index contributed by atoms with van der Waals surface area (Å²) >= 11 is 6.23. The van der Waals surface area contributed by atoms with Crippen molar-refractivity contribution in [2.45, 2.75) is 0 Å². The number of nitrogens with zero attached hydrogens (tertiary/aromatic N) is 2. The molecule has 1 aliphatic rings. The molecule has 0 atom stereocenters. The lowest BCUT2D eigenvalue weighted by Gasteiger charge is -2.35. The fourth-order valence-electron chi connectivity index (χ4n) is 3.64. The van der Waals surface area contributed by atoms with Crippen molar-refractivity contribution in [1.82, 2.24) is 9.62 Å². The van der Waals surface area contributed by atoms with E-state index in [4.69, 9.17) is 16.0 Å². The number of carbonyl (C=O) groups excluding carboxylic acids is 1. The summed E-state index contributed by atoms with van der Waals surface area (Å²) in [7, 11) is -3.55. The smallest absolute Gasteiger partial charge is 0.287 e. The van der Waals surface area contributed by atoms with E-state index in [1.54, 1.807) is 30.3 Å². The van der Waals surface area contributed by atoms with Crippen LogP contribution in [0.3, 0.4) is 0 Å². The predicted molar refractivity (Wildman–Crippen MR) is 124 cm³/mol. The Balaban J connectivity index is 1.32. The number of sulfonamides is 1. The summed E-state index contributed by atoms with van der Waals surface area (Å²) in [6.07, 6.45) is 0. The maximum Gasteiger partial charge on any atom is 0.287 e. The van der Waals surface area contributed by atoms with Crippen LogP contribution >= 0.6 is 11.6 Å². The molecular weight excluding hydrogens is 454 g/mol. The lowest BCUT2D eigenvalue weighted by molar-refractivity contribution is 0.0929. The molecule has 3 aromatic rings. The van der Waals surface area contributed by atoms with Gasteiger partial charge in [-0.3, -0.25) is 9.59 Å². The molecule has 8 nitrogen and oxygen atoms in total. The number of amides is 1. The van der Waals surface area contributed by atoms with Crippen LogP contribution in [0.15, 0.2) is 63.8 Å². The van der Waals surface area contributed by atoms with Crippen LogP contribution in [0.25, 0.3) is 11.0 Å². The highest BCUT2D eigenvalue weighted by atomic mass is 35.5.